The van der Waals surface area contributed by atoms with Crippen molar-refractivity contribution in [2.45, 2.75) is 0 Å². The van der Waals surface area contributed by atoms with E-state index in [4.69, 9.17) is 17.3 Å². The molecule has 2 amide bonds. The first-order chi connectivity index (χ1) is 9.88. The van der Waals surface area contributed by atoms with Crippen LogP contribution in [0.25, 0.3) is 0 Å². The van der Waals surface area contributed by atoms with Crippen LogP contribution in [0.15, 0.2) is 40.9 Å². The number of halogens is 3. The third-order valence-electron chi connectivity index (χ3n) is 2.67. The average molecular weight is 372 g/mol. The Morgan fingerprint density at radius 3 is 2.48 bits per heavy atom. The molecule has 108 valence electrons. The molecule has 0 heterocycles. The number of rotatable bonds is 3. The lowest BCUT2D eigenvalue weighted by Gasteiger charge is -2.07. The van der Waals surface area contributed by atoms with Gasteiger partial charge in [-0.3, -0.25) is 9.59 Å². The summed E-state index contributed by atoms with van der Waals surface area (Å²) in [6.45, 7) is 0. The Morgan fingerprint density at radius 2 is 1.90 bits per heavy atom. The second-order valence-electron chi connectivity index (χ2n) is 4.14. The number of anilines is 1. The van der Waals surface area contributed by atoms with Crippen LogP contribution in [0.5, 0.6) is 0 Å². The molecule has 3 N–H and O–H groups in total. The summed E-state index contributed by atoms with van der Waals surface area (Å²) in [5, 5.41) is 2.68. The predicted molar refractivity (Wildman–Crippen MR) is 82.0 cm³/mol. The summed E-state index contributed by atoms with van der Waals surface area (Å²) < 4.78 is 13.7. The van der Waals surface area contributed by atoms with Crippen molar-refractivity contribution in [1.82, 2.24) is 0 Å². The molecule has 0 fully saturated rings. The molecule has 0 aliphatic rings. The molecule has 0 saturated carbocycles. The van der Waals surface area contributed by atoms with Crippen molar-refractivity contribution < 1.29 is 14.0 Å². The molecule has 7 heteroatoms. The highest BCUT2D eigenvalue weighted by molar-refractivity contribution is 9.10. The van der Waals surface area contributed by atoms with Crippen LogP contribution in [0.1, 0.15) is 20.7 Å². The van der Waals surface area contributed by atoms with E-state index in [2.05, 4.69) is 21.2 Å². The molecule has 0 spiro atoms. The summed E-state index contributed by atoms with van der Waals surface area (Å²) in [6.07, 6.45) is 0. The van der Waals surface area contributed by atoms with Crippen molar-refractivity contribution in [3.8, 4) is 0 Å². The average Bonchev–Trinajstić information content (AvgIpc) is 2.41. The Hall–Kier alpha value is -1.92. The summed E-state index contributed by atoms with van der Waals surface area (Å²) in [5.74, 6) is -1.69. The van der Waals surface area contributed by atoms with E-state index in [1.807, 2.05) is 0 Å². The first-order valence-corrected chi connectivity index (χ1v) is 6.91. The minimum Gasteiger partial charge on any atom is -0.366 e. The summed E-state index contributed by atoms with van der Waals surface area (Å²) >= 11 is 8.89. The molecule has 2 aromatic rings. The number of nitrogens with one attached hydrogen (secondary N) is 1. The normalized spacial score (nSPS) is 10.2. The van der Waals surface area contributed by atoms with Crippen LogP contribution in [0.4, 0.5) is 10.1 Å². The van der Waals surface area contributed by atoms with E-state index in [0.717, 1.165) is 6.07 Å². The highest BCUT2D eigenvalue weighted by Gasteiger charge is 2.11. The number of primary amides is 1. The lowest BCUT2D eigenvalue weighted by molar-refractivity contribution is 0.0998. The molecular weight excluding hydrogens is 363 g/mol. The van der Waals surface area contributed by atoms with Gasteiger partial charge in [0.25, 0.3) is 5.91 Å². The Morgan fingerprint density at radius 1 is 1.19 bits per heavy atom. The Bertz CT molecular complexity index is 737. The third kappa shape index (κ3) is 3.59. The molecule has 0 saturated heterocycles. The lowest BCUT2D eigenvalue weighted by atomic mass is 10.1. The molecule has 0 aromatic heterocycles. The van der Waals surface area contributed by atoms with Gasteiger partial charge >= 0.3 is 0 Å². The van der Waals surface area contributed by atoms with Gasteiger partial charge in [-0.1, -0.05) is 11.6 Å². The fourth-order valence-corrected chi connectivity index (χ4v) is 2.15. The van der Waals surface area contributed by atoms with E-state index in [1.165, 1.54) is 30.3 Å². The van der Waals surface area contributed by atoms with E-state index in [-0.39, 0.29) is 20.6 Å². The summed E-state index contributed by atoms with van der Waals surface area (Å²) in [4.78, 5) is 23.0. The summed E-state index contributed by atoms with van der Waals surface area (Å²) in [5.41, 5.74) is 5.82. The standard InChI is InChI=1S/C14H9BrClFN2O2/c15-10-4-1-7(5-12(10)17)14(21)19-8-2-3-9(13(18)20)11(16)6-8/h1-6H,(H2,18,20)(H,19,21). The molecule has 0 unspecified atom stereocenters. The van der Waals surface area contributed by atoms with Crippen molar-refractivity contribution in [2.24, 2.45) is 5.73 Å². The first kappa shape index (κ1) is 15.5. The lowest BCUT2D eigenvalue weighted by Crippen LogP contribution is -2.14. The maximum Gasteiger partial charge on any atom is 0.255 e. The summed E-state index contributed by atoms with van der Waals surface area (Å²) in [6, 6.07) is 8.31. The molecule has 21 heavy (non-hydrogen) atoms. The van der Waals surface area contributed by atoms with Gasteiger partial charge in [-0.25, -0.2) is 4.39 Å². The molecule has 0 bridgehead atoms. The zero-order valence-electron chi connectivity index (χ0n) is 10.5. The molecule has 0 aliphatic carbocycles. The van der Waals surface area contributed by atoms with Gasteiger partial charge in [0, 0.05) is 11.3 Å². The Labute approximate surface area is 133 Å². The van der Waals surface area contributed by atoms with Gasteiger partial charge in [0.1, 0.15) is 5.82 Å². The van der Waals surface area contributed by atoms with Gasteiger partial charge in [-0.05, 0) is 52.3 Å². The van der Waals surface area contributed by atoms with Crippen LogP contribution in [0.3, 0.4) is 0 Å². The fourth-order valence-electron chi connectivity index (χ4n) is 1.63. The van der Waals surface area contributed by atoms with Gasteiger partial charge in [0.2, 0.25) is 5.91 Å². The maximum absolute atomic E-state index is 13.4. The van der Waals surface area contributed by atoms with Crippen molar-refractivity contribution >= 4 is 45.0 Å². The largest absolute Gasteiger partial charge is 0.366 e. The molecule has 0 atom stereocenters. The highest BCUT2D eigenvalue weighted by Crippen LogP contribution is 2.22. The van der Waals surface area contributed by atoms with Gasteiger partial charge < -0.3 is 11.1 Å². The smallest absolute Gasteiger partial charge is 0.255 e. The van der Waals surface area contributed by atoms with Gasteiger partial charge in [-0.2, -0.15) is 0 Å². The predicted octanol–water partition coefficient (Wildman–Crippen LogP) is 3.59. The van der Waals surface area contributed by atoms with Gasteiger partial charge in [0.05, 0.1) is 15.1 Å². The third-order valence-corrected chi connectivity index (χ3v) is 3.63. The van der Waals surface area contributed by atoms with E-state index in [0.29, 0.717) is 5.69 Å². The Balaban J connectivity index is 2.21. The van der Waals surface area contributed by atoms with E-state index >= 15 is 0 Å². The zero-order valence-corrected chi connectivity index (χ0v) is 12.8. The molecular formula is C14H9BrClFN2O2. The minimum absolute atomic E-state index is 0.127. The van der Waals surface area contributed by atoms with Crippen LogP contribution in [0, 0.1) is 5.82 Å². The molecule has 2 aromatic carbocycles. The maximum atomic E-state index is 13.4. The van der Waals surface area contributed by atoms with Gasteiger partial charge in [-0.15, -0.1) is 0 Å². The molecule has 0 radical (unpaired) electrons. The van der Waals surface area contributed by atoms with Crippen molar-refractivity contribution in [3.63, 3.8) is 0 Å². The SMILES string of the molecule is NC(=O)c1ccc(NC(=O)c2ccc(Br)c(F)c2)cc1Cl. The highest BCUT2D eigenvalue weighted by atomic mass is 79.9. The van der Waals surface area contributed by atoms with Crippen LogP contribution < -0.4 is 11.1 Å². The van der Waals surface area contributed by atoms with E-state index < -0.39 is 17.6 Å². The molecule has 4 nitrogen and oxygen atoms in total. The number of nitrogens with two attached hydrogens (primary N) is 1. The first-order valence-electron chi connectivity index (χ1n) is 5.74. The number of amides is 2. The number of benzene rings is 2. The van der Waals surface area contributed by atoms with Crippen molar-refractivity contribution in [3.05, 3.63) is 62.8 Å². The summed E-state index contributed by atoms with van der Waals surface area (Å²) in [7, 11) is 0. The second-order valence-corrected chi connectivity index (χ2v) is 5.40. The van der Waals surface area contributed by atoms with Crippen LogP contribution in [0.2, 0.25) is 5.02 Å². The molecule has 2 rings (SSSR count). The fraction of sp³-hybridized carbons (Fsp3) is 0. The zero-order chi connectivity index (χ0) is 15.6. The number of carbonyl (C=O) groups excluding carboxylic acids is 2. The minimum atomic E-state index is -0.659. The number of hydrogen-bond acceptors (Lipinski definition) is 2. The quantitative estimate of drug-likeness (QED) is 0.865. The Kier molecular flexibility index (Phi) is 4.59. The molecule has 0 aliphatic heterocycles. The van der Waals surface area contributed by atoms with Gasteiger partial charge in [0.15, 0.2) is 0 Å². The van der Waals surface area contributed by atoms with Crippen LogP contribution >= 0.6 is 27.5 Å². The number of carbonyl (C=O) groups is 2. The second kappa shape index (κ2) is 6.24. The topological polar surface area (TPSA) is 72.2 Å². The monoisotopic (exact) mass is 370 g/mol. The van der Waals surface area contributed by atoms with Crippen molar-refractivity contribution in [2.75, 3.05) is 5.32 Å². The van der Waals surface area contributed by atoms with Crippen LogP contribution in [-0.2, 0) is 0 Å². The van der Waals surface area contributed by atoms with Crippen molar-refractivity contribution in [1.29, 1.82) is 0 Å². The van der Waals surface area contributed by atoms with E-state index in [9.17, 15) is 14.0 Å². The van der Waals surface area contributed by atoms with E-state index in [1.54, 1.807) is 0 Å². The number of hydrogen-bond donors (Lipinski definition) is 2. The van der Waals surface area contributed by atoms with Crippen LogP contribution in [-0.4, -0.2) is 11.8 Å².